The lowest BCUT2D eigenvalue weighted by atomic mass is 10.1. The minimum Gasteiger partial charge on any atom is -0.397 e. The standard InChI is InChI=1S/C20H22N4O2/c21-17-7-3-4-8-18(17)24-20(26)15-9-10-16(22-12-15)13-23-19(25)11-14-5-1-2-6-14/h1,3-5,7-10,12,14H,2,6,11,13,21H2,(H,23,25)(H,24,26). The van der Waals surface area contributed by atoms with Crippen LogP contribution >= 0.6 is 0 Å². The summed E-state index contributed by atoms with van der Waals surface area (Å²) in [6.45, 7) is 0.350. The van der Waals surface area contributed by atoms with Gasteiger partial charge in [-0.25, -0.2) is 0 Å². The third-order valence-electron chi connectivity index (χ3n) is 4.32. The number of anilines is 2. The highest BCUT2D eigenvalue weighted by atomic mass is 16.2. The number of nitrogens with one attached hydrogen (secondary N) is 2. The Morgan fingerprint density at radius 3 is 2.73 bits per heavy atom. The van der Waals surface area contributed by atoms with E-state index < -0.39 is 0 Å². The first-order valence-corrected chi connectivity index (χ1v) is 8.66. The van der Waals surface area contributed by atoms with Crippen LogP contribution < -0.4 is 16.4 Å². The van der Waals surface area contributed by atoms with Crippen molar-refractivity contribution in [2.24, 2.45) is 5.92 Å². The van der Waals surface area contributed by atoms with Gasteiger partial charge in [-0.15, -0.1) is 0 Å². The van der Waals surface area contributed by atoms with Gasteiger partial charge in [-0.1, -0.05) is 24.3 Å². The molecule has 2 amide bonds. The van der Waals surface area contributed by atoms with Gasteiger partial charge < -0.3 is 16.4 Å². The molecule has 0 fully saturated rings. The number of nitrogens with zero attached hydrogens (tertiary/aromatic N) is 1. The van der Waals surface area contributed by atoms with Crippen molar-refractivity contribution in [3.63, 3.8) is 0 Å². The summed E-state index contributed by atoms with van der Waals surface area (Å²) in [5, 5.41) is 5.63. The number of allylic oxidation sites excluding steroid dienone is 2. The predicted octanol–water partition coefficient (Wildman–Crippen LogP) is 2.89. The van der Waals surface area contributed by atoms with Crippen molar-refractivity contribution < 1.29 is 9.59 Å². The Labute approximate surface area is 152 Å². The molecule has 1 unspecified atom stereocenters. The lowest BCUT2D eigenvalue weighted by molar-refractivity contribution is -0.121. The molecule has 6 nitrogen and oxygen atoms in total. The minimum absolute atomic E-state index is 0.0183. The zero-order valence-electron chi connectivity index (χ0n) is 14.4. The van der Waals surface area contributed by atoms with Crippen LogP contribution in [0.15, 0.2) is 54.7 Å². The van der Waals surface area contributed by atoms with Crippen LogP contribution in [0.4, 0.5) is 11.4 Å². The molecule has 134 valence electrons. The highest BCUT2D eigenvalue weighted by Gasteiger charge is 2.14. The zero-order chi connectivity index (χ0) is 18.4. The third-order valence-corrected chi connectivity index (χ3v) is 4.32. The van der Waals surface area contributed by atoms with Gasteiger partial charge in [-0.05, 0) is 43.0 Å². The fraction of sp³-hybridized carbons (Fsp3) is 0.250. The van der Waals surface area contributed by atoms with Crippen molar-refractivity contribution in [3.8, 4) is 0 Å². The Kier molecular flexibility index (Phi) is 5.63. The molecule has 1 aromatic carbocycles. The Hall–Kier alpha value is -3.15. The van der Waals surface area contributed by atoms with Crippen LogP contribution in [0.25, 0.3) is 0 Å². The smallest absolute Gasteiger partial charge is 0.257 e. The van der Waals surface area contributed by atoms with Gasteiger partial charge in [0.25, 0.3) is 5.91 Å². The normalized spacial score (nSPS) is 15.6. The zero-order valence-corrected chi connectivity index (χ0v) is 14.4. The molecule has 0 spiro atoms. The van der Waals surface area contributed by atoms with Gasteiger partial charge in [0.2, 0.25) is 5.91 Å². The molecule has 1 heterocycles. The van der Waals surface area contributed by atoms with E-state index in [9.17, 15) is 9.59 Å². The van der Waals surface area contributed by atoms with Crippen molar-refractivity contribution in [1.29, 1.82) is 0 Å². The summed E-state index contributed by atoms with van der Waals surface area (Å²) >= 11 is 0. The highest BCUT2D eigenvalue weighted by Crippen LogP contribution is 2.20. The molecule has 0 bridgehead atoms. The maximum absolute atomic E-state index is 12.3. The summed E-state index contributed by atoms with van der Waals surface area (Å²) in [5.41, 5.74) is 8.03. The monoisotopic (exact) mass is 350 g/mol. The second-order valence-corrected chi connectivity index (χ2v) is 6.33. The Bertz CT molecular complexity index is 815. The average molecular weight is 350 g/mol. The second-order valence-electron chi connectivity index (χ2n) is 6.33. The third kappa shape index (κ3) is 4.69. The fourth-order valence-electron chi connectivity index (χ4n) is 2.83. The lowest BCUT2D eigenvalue weighted by Crippen LogP contribution is -2.25. The molecular weight excluding hydrogens is 328 g/mol. The van der Waals surface area contributed by atoms with Crippen LogP contribution in [0.1, 0.15) is 35.3 Å². The molecule has 0 saturated heterocycles. The van der Waals surface area contributed by atoms with Gasteiger partial charge in [-0.3, -0.25) is 14.6 Å². The number of carbonyl (C=O) groups excluding carboxylic acids is 2. The quantitative estimate of drug-likeness (QED) is 0.551. The van der Waals surface area contributed by atoms with E-state index in [-0.39, 0.29) is 11.8 Å². The first-order chi connectivity index (χ1) is 12.6. The molecule has 1 aliphatic carbocycles. The predicted molar refractivity (Wildman–Crippen MR) is 101 cm³/mol. The number of benzene rings is 1. The van der Waals surface area contributed by atoms with Crippen LogP contribution in [-0.2, 0) is 11.3 Å². The van der Waals surface area contributed by atoms with E-state index in [1.54, 1.807) is 36.4 Å². The van der Waals surface area contributed by atoms with Crippen LogP contribution in [-0.4, -0.2) is 16.8 Å². The first-order valence-electron chi connectivity index (χ1n) is 8.66. The maximum Gasteiger partial charge on any atom is 0.257 e. The van der Waals surface area contributed by atoms with E-state index in [0.717, 1.165) is 12.8 Å². The Balaban J connectivity index is 1.51. The number of rotatable bonds is 6. The highest BCUT2D eigenvalue weighted by molar-refractivity contribution is 6.05. The van der Waals surface area contributed by atoms with E-state index in [2.05, 4.69) is 27.8 Å². The summed E-state index contributed by atoms with van der Waals surface area (Å²) in [5.74, 6) is 0.0863. The summed E-state index contributed by atoms with van der Waals surface area (Å²) in [6.07, 6.45) is 8.32. The van der Waals surface area contributed by atoms with Gasteiger partial charge >= 0.3 is 0 Å². The van der Waals surface area contributed by atoms with Gasteiger partial charge in [0.15, 0.2) is 0 Å². The molecule has 2 aromatic rings. The molecule has 1 aliphatic rings. The number of nitrogen functional groups attached to an aromatic ring is 1. The Morgan fingerprint density at radius 1 is 1.19 bits per heavy atom. The number of amides is 2. The van der Waals surface area contributed by atoms with Gasteiger partial charge in [-0.2, -0.15) is 0 Å². The van der Waals surface area contributed by atoms with Gasteiger partial charge in [0.05, 0.1) is 29.2 Å². The van der Waals surface area contributed by atoms with Crippen LogP contribution in [0, 0.1) is 5.92 Å². The van der Waals surface area contributed by atoms with Gasteiger partial charge in [0.1, 0.15) is 0 Å². The molecule has 6 heteroatoms. The first kappa shape index (κ1) is 17.7. The molecule has 26 heavy (non-hydrogen) atoms. The van der Waals surface area contributed by atoms with Crippen molar-refractivity contribution in [2.75, 3.05) is 11.1 Å². The number of pyridine rings is 1. The van der Waals surface area contributed by atoms with Crippen LogP contribution in [0.5, 0.6) is 0 Å². The molecule has 1 atom stereocenters. The molecule has 1 aromatic heterocycles. The maximum atomic E-state index is 12.3. The summed E-state index contributed by atoms with van der Waals surface area (Å²) in [4.78, 5) is 28.4. The summed E-state index contributed by atoms with van der Waals surface area (Å²) < 4.78 is 0. The van der Waals surface area contributed by atoms with Crippen molar-refractivity contribution in [1.82, 2.24) is 10.3 Å². The Morgan fingerprint density at radius 2 is 2.04 bits per heavy atom. The number of hydrogen-bond donors (Lipinski definition) is 3. The molecule has 0 aliphatic heterocycles. The van der Waals surface area contributed by atoms with Crippen LogP contribution in [0.2, 0.25) is 0 Å². The minimum atomic E-state index is -0.279. The fourth-order valence-corrected chi connectivity index (χ4v) is 2.83. The average Bonchev–Trinajstić information content (AvgIpc) is 3.15. The molecular formula is C20H22N4O2. The van der Waals surface area contributed by atoms with E-state index in [1.807, 2.05) is 0 Å². The number of nitrogens with two attached hydrogens (primary N) is 1. The molecule has 0 saturated carbocycles. The van der Waals surface area contributed by atoms with E-state index in [1.165, 1.54) is 6.20 Å². The van der Waals surface area contributed by atoms with E-state index in [4.69, 9.17) is 5.73 Å². The van der Waals surface area contributed by atoms with Crippen molar-refractivity contribution in [3.05, 3.63) is 66.0 Å². The largest absolute Gasteiger partial charge is 0.397 e. The van der Waals surface area contributed by atoms with Gasteiger partial charge in [0, 0.05) is 12.6 Å². The van der Waals surface area contributed by atoms with Crippen LogP contribution in [0.3, 0.4) is 0 Å². The number of para-hydroxylation sites is 2. The van der Waals surface area contributed by atoms with Crippen molar-refractivity contribution >= 4 is 23.2 Å². The van der Waals surface area contributed by atoms with E-state index in [0.29, 0.717) is 41.5 Å². The van der Waals surface area contributed by atoms with Crippen molar-refractivity contribution in [2.45, 2.75) is 25.8 Å². The van der Waals surface area contributed by atoms with E-state index >= 15 is 0 Å². The molecule has 0 radical (unpaired) electrons. The summed E-state index contributed by atoms with van der Waals surface area (Å²) in [7, 11) is 0. The lowest BCUT2D eigenvalue weighted by Gasteiger charge is -2.09. The number of aromatic nitrogens is 1. The topological polar surface area (TPSA) is 97.1 Å². The molecule has 3 rings (SSSR count). The second kappa shape index (κ2) is 8.29. The SMILES string of the molecule is Nc1ccccc1NC(=O)c1ccc(CNC(=O)CC2C=CCC2)nc1. The summed E-state index contributed by atoms with van der Waals surface area (Å²) in [6, 6.07) is 10.5. The number of carbonyl (C=O) groups is 2. The number of hydrogen-bond acceptors (Lipinski definition) is 4. The molecule has 4 N–H and O–H groups in total.